The molecule has 2 aliphatic heterocycles. The Balaban J connectivity index is 1.98. The summed E-state index contributed by atoms with van der Waals surface area (Å²) in [5.41, 5.74) is -0.118. The van der Waals surface area contributed by atoms with Gasteiger partial charge in [0.2, 0.25) is 0 Å². The highest BCUT2D eigenvalue weighted by Gasteiger charge is 2.59. The highest BCUT2D eigenvalue weighted by atomic mass is 16.6. The Bertz CT molecular complexity index is 241. The standard InChI is InChI=1S/C14H26O2/c1-3-5-7-13-9-10-14(16-13,8-6-4-2)12(15)11-13/h12,15H,3-11H2,1-2H3/t12-,13-,14+/m0/s1. The van der Waals surface area contributed by atoms with Crippen molar-refractivity contribution in [1.29, 1.82) is 0 Å². The monoisotopic (exact) mass is 226 g/mol. The fourth-order valence-corrected chi connectivity index (χ4v) is 3.49. The summed E-state index contributed by atoms with van der Waals surface area (Å²) in [6, 6.07) is 0. The van der Waals surface area contributed by atoms with Gasteiger partial charge in [0.25, 0.3) is 0 Å². The third-order valence-electron chi connectivity index (χ3n) is 4.54. The summed E-state index contributed by atoms with van der Waals surface area (Å²) in [5.74, 6) is 0. The molecule has 2 heterocycles. The average Bonchev–Trinajstić information content (AvgIpc) is 2.77. The van der Waals surface area contributed by atoms with E-state index in [-0.39, 0.29) is 17.3 Å². The molecule has 0 aromatic carbocycles. The lowest BCUT2D eigenvalue weighted by atomic mass is 9.76. The van der Waals surface area contributed by atoms with E-state index in [1.807, 2.05) is 0 Å². The number of hydrogen-bond acceptors (Lipinski definition) is 2. The zero-order valence-corrected chi connectivity index (χ0v) is 10.8. The number of fused-ring (bicyclic) bond motifs is 2. The Labute approximate surface area is 99.4 Å². The molecular weight excluding hydrogens is 200 g/mol. The maximum Gasteiger partial charge on any atom is 0.0949 e. The minimum atomic E-state index is -0.204. The summed E-state index contributed by atoms with van der Waals surface area (Å²) >= 11 is 0. The smallest absolute Gasteiger partial charge is 0.0949 e. The van der Waals surface area contributed by atoms with Gasteiger partial charge in [0.1, 0.15) is 0 Å². The third kappa shape index (κ3) is 2.02. The summed E-state index contributed by atoms with van der Waals surface area (Å²) in [4.78, 5) is 0. The van der Waals surface area contributed by atoms with Gasteiger partial charge in [-0.2, -0.15) is 0 Å². The van der Waals surface area contributed by atoms with E-state index >= 15 is 0 Å². The van der Waals surface area contributed by atoms with Crippen molar-refractivity contribution in [3.63, 3.8) is 0 Å². The first-order valence-electron chi connectivity index (χ1n) is 7.05. The molecule has 0 aromatic rings. The number of aliphatic hydroxyl groups is 1. The van der Waals surface area contributed by atoms with Crippen LogP contribution in [0.15, 0.2) is 0 Å². The first-order valence-corrected chi connectivity index (χ1v) is 7.05. The van der Waals surface area contributed by atoms with Gasteiger partial charge in [0, 0.05) is 6.42 Å². The zero-order valence-electron chi connectivity index (χ0n) is 10.8. The van der Waals surface area contributed by atoms with Crippen LogP contribution in [0.5, 0.6) is 0 Å². The first kappa shape index (κ1) is 12.4. The molecule has 0 radical (unpaired) electrons. The highest BCUT2D eigenvalue weighted by molar-refractivity contribution is 5.09. The van der Waals surface area contributed by atoms with E-state index in [1.54, 1.807) is 0 Å². The molecule has 0 saturated carbocycles. The van der Waals surface area contributed by atoms with Gasteiger partial charge in [-0.3, -0.25) is 0 Å². The number of hydrogen-bond donors (Lipinski definition) is 1. The van der Waals surface area contributed by atoms with Crippen LogP contribution in [-0.4, -0.2) is 22.4 Å². The van der Waals surface area contributed by atoms with Crippen LogP contribution in [0.25, 0.3) is 0 Å². The van der Waals surface area contributed by atoms with Crippen LogP contribution in [0.4, 0.5) is 0 Å². The molecule has 94 valence electrons. The van der Waals surface area contributed by atoms with Crippen molar-refractivity contribution >= 4 is 0 Å². The van der Waals surface area contributed by atoms with Crippen molar-refractivity contribution in [2.24, 2.45) is 0 Å². The van der Waals surface area contributed by atoms with Crippen molar-refractivity contribution in [1.82, 2.24) is 0 Å². The van der Waals surface area contributed by atoms with Crippen LogP contribution < -0.4 is 0 Å². The minimum absolute atomic E-state index is 0.0448. The van der Waals surface area contributed by atoms with E-state index < -0.39 is 0 Å². The maximum absolute atomic E-state index is 10.2. The van der Waals surface area contributed by atoms with E-state index in [0.29, 0.717) is 0 Å². The number of unbranched alkanes of at least 4 members (excludes halogenated alkanes) is 2. The first-order chi connectivity index (χ1) is 7.66. The second-order valence-corrected chi connectivity index (χ2v) is 5.78. The summed E-state index contributed by atoms with van der Waals surface area (Å²) < 4.78 is 6.31. The van der Waals surface area contributed by atoms with Crippen LogP contribution in [0.1, 0.15) is 71.6 Å². The predicted octanol–water partition coefficient (Wildman–Crippen LogP) is 3.42. The second-order valence-electron chi connectivity index (χ2n) is 5.78. The molecule has 0 aromatic heterocycles. The lowest BCUT2D eigenvalue weighted by Crippen LogP contribution is -2.38. The lowest BCUT2D eigenvalue weighted by Gasteiger charge is -2.29. The van der Waals surface area contributed by atoms with Crippen LogP contribution in [0.2, 0.25) is 0 Å². The topological polar surface area (TPSA) is 29.5 Å². The molecule has 2 nitrogen and oxygen atoms in total. The minimum Gasteiger partial charge on any atom is -0.390 e. The molecule has 0 aliphatic carbocycles. The van der Waals surface area contributed by atoms with E-state index in [9.17, 15) is 5.11 Å². The number of aliphatic hydroxyl groups excluding tert-OH is 1. The normalized spacial score (nSPS) is 41.8. The van der Waals surface area contributed by atoms with Crippen LogP contribution in [0, 0.1) is 0 Å². The number of rotatable bonds is 6. The molecule has 3 atom stereocenters. The second kappa shape index (κ2) is 4.66. The molecular formula is C14H26O2. The maximum atomic E-state index is 10.2. The third-order valence-corrected chi connectivity index (χ3v) is 4.54. The fraction of sp³-hybridized carbons (Fsp3) is 1.00. The average molecular weight is 226 g/mol. The zero-order chi connectivity index (χ0) is 11.6. The summed E-state index contributed by atoms with van der Waals surface area (Å²) in [7, 11) is 0. The van der Waals surface area contributed by atoms with E-state index in [2.05, 4.69) is 13.8 Å². The van der Waals surface area contributed by atoms with E-state index in [1.165, 1.54) is 32.1 Å². The molecule has 2 heteroatoms. The molecule has 16 heavy (non-hydrogen) atoms. The van der Waals surface area contributed by atoms with Crippen molar-refractivity contribution in [3.8, 4) is 0 Å². The fourth-order valence-electron chi connectivity index (χ4n) is 3.49. The van der Waals surface area contributed by atoms with Gasteiger partial charge in [0.05, 0.1) is 17.3 Å². The Hall–Kier alpha value is -0.0800. The summed E-state index contributed by atoms with van der Waals surface area (Å²) in [6.07, 6.45) is 9.97. The molecule has 0 amide bonds. The Morgan fingerprint density at radius 3 is 2.44 bits per heavy atom. The Kier molecular flexibility index (Phi) is 3.60. The molecule has 2 saturated heterocycles. The van der Waals surface area contributed by atoms with Crippen molar-refractivity contribution < 1.29 is 9.84 Å². The quantitative estimate of drug-likeness (QED) is 0.752. The van der Waals surface area contributed by atoms with Gasteiger partial charge in [-0.15, -0.1) is 0 Å². The lowest BCUT2D eigenvalue weighted by molar-refractivity contribution is -0.0836. The van der Waals surface area contributed by atoms with Crippen LogP contribution >= 0.6 is 0 Å². The van der Waals surface area contributed by atoms with E-state index in [0.717, 1.165) is 25.7 Å². The number of ether oxygens (including phenoxy) is 1. The van der Waals surface area contributed by atoms with Gasteiger partial charge < -0.3 is 9.84 Å². The molecule has 1 N–H and O–H groups in total. The molecule has 2 rings (SSSR count). The van der Waals surface area contributed by atoms with Gasteiger partial charge >= 0.3 is 0 Å². The molecule has 0 unspecified atom stereocenters. The Morgan fingerprint density at radius 1 is 1.12 bits per heavy atom. The van der Waals surface area contributed by atoms with Crippen LogP contribution in [-0.2, 0) is 4.74 Å². The SMILES string of the molecule is CCCC[C@@]12CC[C@@](CCCC)(O1)[C@@H](O)C2. The summed E-state index contributed by atoms with van der Waals surface area (Å²) in [5, 5.41) is 10.2. The summed E-state index contributed by atoms with van der Waals surface area (Å²) in [6.45, 7) is 4.43. The van der Waals surface area contributed by atoms with Crippen molar-refractivity contribution in [2.75, 3.05) is 0 Å². The van der Waals surface area contributed by atoms with Crippen molar-refractivity contribution in [3.05, 3.63) is 0 Å². The van der Waals surface area contributed by atoms with Gasteiger partial charge in [-0.05, 0) is 25.7 Å². The van der Waals surface area contributed by atoms with Gasteiger partial charge in [0.15, 0.2) is 0 Å². The van der Waals surface area contributed by atoms with Gasteiger partial charge in [-0.1, -0.05) is 39.5 Å². The molecule has 0 spiro atoms. The molecule has 2 fully saturated rings. The predicted molar refractivity (Wildman–Crippen MR) is 65.5 cm³/mol. The molecule has 2 aliphatic rings. The van der Waals surface area contributed by atoms with Crippen LogP contribution in [0.3, 0.4) is 0 Å². The van der Waals surface area contributed by atoms with E-state index in [4.69, 9.17) is 4.74 Å². The van der Waals surface area contributed by atoms with Gasteiger partial charge in [-0.25, -0.2) is 0 Å². The Morgan fingerprint density at radius 2 is 1.81 bits per heavy atom. The highest BCUT2D eigenvalue weighted by Crippen LogP contribution is 2.54. The van der Waals surface area contributed by atoms with Crippen molar-refractivity contribution in [2.45, 2.75) is 88.9 Å². The largest absolute Gasteiger partial charge is 0.390 e. The molecule has 2 bridgehead atoms.